The highest BCUT2D eigenvalue weighted by Gasteiger charge is 2.23. The molecule has 4 heterocycles. The monoisotopic (exact) mass is 378 g/mol. The van der Waals surface area contributed by atoms with Gasteiger partial charge in [0.25, 0.3) is 5.91 Å². The van der Waals surface area contributed by atoms with E-state index in [9.17, 15) is 4.79 Å². The molecule has 0 aliphatic rings. The first-order valence-electron chi connectivity index (χ1n) is 9.15. The predicted octanol–water partition coefficient (Wildman–Crippen LogP) is 4.77. The molecule has 6 nitrogen and oxygen atoms in total. The number of rotatable bonds is 7. The summed E-state index contributed by atoms with van der Waals surface area (Å²) in [5.74, 6) is 2.24. The lowest BCUT2D eigenvalue weighted by atomic mass is 10.2. The fourth-order valence-corrected chi connectivity index (χ4v) is 3.37. The van der Waals surface area contributed by atoms with Gasteiger partial charge in [-0.25, -0.2) is 0 Å². The summed E-state index contributed by atoms with van der Waals surface area (Å²) in [6.45, 7) is 5.29. The number of furan rings is 3. The summed E-state index contributed by atoms with van der Waals surface area (Å²) in [4.78, 5) is 15.1. The lowest BCUT2D eigenvalue weighted by Crippen LogP contribution is -2.30. The van der Waals surface area contributed by atoms with Crippen LogP contribution in [0.3, 0.4) is 0 Å². The van der Waals surface area contributed by atoms with Crippen LogP contribution in [-0.4, -0.2) is 15.4 Å². The van der Waals surface area contributed by atoms with Gasteiger partial charge in [-0.2, -0.15) is 0 Å². The molecule has 0 aliphatic carbocycles. The SMILES string of the molecule is Cc1cc(C(=O)N(Cc2ccco2)Cc2ccco2)c(C)n1Cc1ccco1. The fourth-order valence-electron chi connectivity index (χ4n) is 3.37. The number of amides is 1. The van der Waals surface area contributed by atoms with E-state index in [1.54, 1.807) is 23.7 Å². The topological polar surface area (TPSA) is 64.7 Å². The molecule has 4 rings (SSSR count). The second-order valence-corrected chi connectivity index (χ2v) is 6.77. The molecule has 4 aromatic rings. The highest BCUT2D eigenvalue weighted by atomic mass is 16.3. The normalized spacial score (nSPS) is 11.1. The third-order valence-corrected chi connectivity index (χ3v) is 4.84. The fraction of sp³-hybridized carbons (Fsp3) is 0.227. The van der Waals surface area contributed by atoms with E-state index in [0.717, 1.165) is 28.7 Å². The van der Waals surface area contributed by atoms with Crippen molar-refractivity contribution in [3.05, 3.63) is 95.5 Å². The Labute approximate surface area is 163 Å². The molecule has 0 saturated carbocycles. The first-order chi connectivity index (χ1) is 13.6. The number of aryl methyl sites for hydroxylation is 1. The Hall–Kier alpha value is -3.41. The van der Waals surface area contributed by atoms with Crippen LogP contribution in [0.5, 0.6) is 0 Å². The smallest absolute Gasteiger partial charge is 0.256 e. The van der Waals surface area contributed by atoms with Crippen LogP contribution in [0, 0.1) is 13.8 Å². The van der Waals surface area contributed by atoms with E-state index in [2.05, 4.69) is 4.57 Å². The van der Waals surface area contributed by atoms with Crippen molar-refractivity contribution in [2.75, 3.05) is 0 Å². The first kappa shape index (κ1) is 18.0. The highest BCUT2D eigenvalue weighted by molar-refractivity contribution is 5.95. The summed E-state index contributed by atoms with van der Waals surface area (Å²) in [6, 6.07) is 13.1. The van der Waals surface area contributed by atoms with Gasteiger partial charge in [0.15, 0.2) is 0 Å². The first-order valence-corrected chi connectivity index (χ1v) is 9.15. The van der Waals surface area contributed by atoms with Crippen molar-refractivity contribution in [3.63, 3.8) is 0 Å². The van der Waals surface area contributed by atoms with Gasteiger partial charge in [-0.05, 0) is 56.3 Å². The zero-order valence-electron chi connectivity index (χ0n) is 15.9. The van der Waals surface area contributed by atoms with Crippen molar-refractivity contribution in [1.29, 1.82) is 0 Å². The van der Waals surface area contributed by atoms with Gasteiger partial charge >= 0.3 is 0 Å². The molecule has 1 amide bonds. The number of carbonyl (C=O) groups excluding carboxylic acids is 1. The Bertz CT molecular complexity index is 989. The van der Waals surface area contributed by atoms with Crippen LogP contribution in [-0.2, 0) is 19.6 Å². The lowest BCUT2D eigenvalue weighted by molar-refractivity contribution is 0.0704. The summed E-state index contributed by atoms with van der Waals surface area (Å²) in [5.41, 5.74) is 2.58. The Kier molecular flexibility index (Phi) is 4.93. The molecule has 0 aliphatic heterocycles. The van der Waals surface area contributed by atoms with Crippen LogP contribution in [0.4, 0.5) is 0 Å². The zero-order valence-corrected chi connectivity index (χ0v) is 15.9. The van der Waals surface area contributed by atoms with Crippen LogP contribution >= 0.6 is 0 Å². The Morgan fingerprint density at radius 1 is 0.893 bits per heavy atom. The number of aromatic nitrogens is 1. The minimum atomic E-state index is -0.0633. The van der Waals surface area contributed by atoms with E-state index in [0.29, 0.717) is 25.2 Å². The van der Waals surface area contributed by atoms with E-state index < -0.39 is 0 Å². The summed E-state index contributed by atoms with van der Waals surface area (Å²) < 4.78 is 18.5. The molecule has 0 unspecified atom stereocenters. The lowest BCUT2D eigenvalue weighted by Gasteiger charge is -2.21. The molecule has 0 atom stereocenters. The second-order valence-electron chi connectivity index (χ2n) is 6.77. The summed E-state index contributed by atoms with van der Waals surface area (Å²) >= 11 is 0. The molecule has 4 aromatic heterocycles. The maximum Gasteiger partial charge on any atom is 0.256 e. The third kappa shape index (κ3) is 3.67. The van der Waals surface area contributed by atoms with Crippen molar-refractivity contribution < 1.29 is 18.0 Å². The molecule has 0 fully saturated rings. The minimum Gasteiger partial charge on any atom is -0.467 e. The number of hydrogen-bond acceptors (Lipinski definition) is 4. The van der Waals surface area contributed by atoms with Gasteiger partial charge in [-0.15, -0.1) is 0 Å². The van der Waals surface area contributed by atoms with Gasteiger partial charge in [0.05, 0.1) is 44.0 Å². The Morgan fingerprint density at radius 2 is 1.43 bits per heavy atom. The van der Waals surface area contributed by atoms with Crippen LogP contribution in [0.15, 0.2) is 74.5 Å². The van der Waals surface area contributed by atoms with Crippen LogP contribution in [0.1, 0.15) is 39.0 Å². The van der Waals surface area contributed by atoms with Crippen LogP contribution in [0.25, 0.3) is 0 Å². The Morgan fingerprint density at radius 3 is 1.93 bits per heavy atom. The van der Waals surface area contributed by atoms with Crippen molar-refractivity contribution in [1.82, 2.24) is 9.47 Å². The van der Waals surface area contributed by atoms with Crippen molar-refractivity contribution >= 4 is 5.91 Å². The third-order valence-electron chi connectivity index (χ3n) is 4.84. The molecular weight excluding hydrogens is 356 g/mol. The van der Waals surface area contributed by atoms with Gasteiger partial charge < -0.3 is 22.7 Å². The average molecular weight is 378 g/mol. The molecule has 0 aromatic carbocycles. The number of nitrogens with zero attached hydrogens (tertiary/aromatic N) is 2. The average Bonchev–Trinajstić information content (AvgIpc) is 3.47. The summed E-state index contributed by atoms with van der Waals surface area (Å²) in [7, 11) is 0. The summed E-state index contributed by atoms with van der Waals surface area (Å²) in [6.07, 6.45) is 4.88. The van der Waals surface area contributed by atoms with Crippen LogP contribution < -0.4 is 0 Å². The van der Waals surface area contributed by atoms with Gasteiger partial charge in [-0.3, -0.25) is 4.79 Å². The van der Waals surface area contributed by atoms with E-state index in [-0.39, 0.29) is 5.91 Å². The maximum atomic E-state index is 13.4. The van der Waals surface area contributed by atoms with E-state index in [1.165, 1.54) is 0 Å². The van der Waals surface area contributed by atoms with Gasteiger partial charge in [0.2, 0.25) is 0 Å². The predicted molar refractivity (Wildman–Crippen MR) is 103 cm³/mol. The number of hydrogen-bond donors (Lipinski definition) is 0. The molecule has 28 heavy (non-hydrogen) atoms. The molecule has 0 spiro atoms. The molecular formula is C22H22N2O4. The van der Waals surface area contributed by atoms with Crippen molar-refractivity contribution in [2.24, 2.45) is 0 Å². The van der Waals surface area contributed by atoms with Crippen molar-refractivity contribution in [2.45, 2.75) is 33.5 Å². The van der Waals surface area contributed by atoms with E-state index in [1.807, 2.05) is 56.3 Å². The molecule has 0 bridgehead atoms. The standard InChI is InChI=1S/C22H22N2O4/c1-16-12-21(17(2)24(16)15-20-8-5-11-28-20)22(25)23(13-18-6-3-9-26-18)14-19-7-4-10-27-19/h3-12H,13-15H2,1-2H3. The van der Waals surface area contributed by atoms with Crippen molar-refractivity contribution in [3.8, 4) is 0 Å². The minimum absolute atomic E-state index is 0.0633. The molecule has 0 saturated heterocycles. The summed E-state index contributed by atoms with van der Waals surface area (Å²) in [5, 5.41) is 0. The molecule has 0 N–H and O–H groups in total. The van der Waals surface area contributed by atoms with E-state index in [4.69, 9.17) is 13.3 Å². The quantitative estimate of drug-likeness (QED) is 0.464. The van der Waals surface area contributed by atoms with E-state index >= 15 is 0 Å². The Balaban J connectivity index is 1.62. The molecule has 144 valence electrons. The van der Waals surface area contributed by atoms with Gasteiger partial charge in [0.1, 0.15) is 17.3 Å². The molecule has 6 heteroatoms. The maximum absolute atomic E-state index is 13.4. The molecule has 0 radical (unpaired) electrons. The second kappa shape index (κ2) is 7.68. The van der Waals surface area contributed by atoms with Crippen LogP contribution in [0.2, 0.25) is 0 Å². The van der Waals surface area contributed by atoms with Gasteiger partial charge in [0, 0.05) is 11.4 Å². The van der Waals surface area contributed by atoms with Gasteiger partial charge in [-0.1, -0.05) is 0 Å². The highest BCUT2D eigenvalue weighted by Crippen LogP contribution is 2.22. The zero-order chi connectivity index (χ0) is 19.5. The largest absolute Gasteiger partial charge is 0.467 e. The number of carbonyl (C=O) groups is 1.